The molecule has 0 aliphatic carbocycles. The summed E-state index contributed by atoms with van der Waals surface area (Å²) in [6.45, 7) is 4.42. The largest absolute Gasteiger partial charge is 0.359 e. The van der Waals surface area contributed by atoms with Gasteiger partial charge in [-0.3, -0.25) is 4.57 Å². The molecular formula is C23H22N4. The summed E-state index contributed by atoms with van der Waals surface area (Å²) in [6, 6.07) is 19.1. The Morgan fingerprint density at radius 1 is 0.926 bits per heavy atom. The first-order chi connectivity index (χ1) is 13.2. The van der Waals surface area contributed by atoms with Crippen LogP contribution in [-0.4, -0.2) is 27.7 Å². The van der Waals surface area contributed by atoms with E-state index >= 15 is 0 Å². The van der Waals surface area contributed by atoms with Crippen LogP contribution >= 0.6 is 0 Å². The Balaban J connectivity index is 1.91. The lowest BCUT2D eigenvalue weighted by molar-refractivity contribution is 0.383. The lowest BCUT2D eigenvalue weighted by Crippen LogP contribution is -2.33. The number of nitrogens with zero attached hydrogens (tertiary/aromatic N) is 4. The van der Waals surface area contributed by atoms with Crippen LogP contribution in [0.15, 0.2) is 73.2 Å². The van der Waals surface area contributed by atoms with E-state index < -0.39 is 0 Å². The van der Waals surface area contributed by atoms with E-state index in [-0.39, 0.29) is 6.17 Å². The van der Waals surface area contributed by atoms with Crippen LogP contribution in [0.5, 0.6) is 0 Å². The van der Waals surface area contributed by atoms with Gasteiger partial charge in [-0.15, -0.1) is 0 Å². The summed E-state index contributed by atoms with van der Waals surface area (Å²) < 4.78 is 2.27. The van der Waals surface area contributed by atoms with Gasteiger partial charge in [0.1, 0.15) is 11.8 Å². The summed E-state index contributed by atoms with van der Waals surface area (Å²) in [5.41, 5.74) is 5.84. The van der Waals surface area contributed by atoms with Crippen molar-refractivity contribution in [3.05, 3.63) is 78.8 Å². The molecule has 5 rings (SSSR count). The zero-order valence-electron chi connectivity index (χ0n) is 15.8. The monoisotopic (exact) mass is 354 g/mol. The van der Waals surface area contributed by atoms with Gasteiger partial charge in [-0.05, 0) is 49.7 Å². The molecule has 4 heteroatoms. The predicted molar refractivity (Wildman–Crippen MR) is 112 cm³/mol. The molecule has 1 aliphatic rings. The number of hydrogen-bond acceptors (Lipinski definition) is 3. The van der Waals surface area contributed by atoms with Crippen LogP contribution in [-0.2, 0) is 0 Å². The molecule has 0 bridgehead atoms. The molecule has 0 N–H and O–H groups in total. The molecule has 134 valence electrons. The van der Waals surface area contributed by atoms with Gasteiger partial charge in [0.15, 0.2) is 0 Å². The third-order valence-corrected chi connectivity index (χ3v) is 5.59. The topological polar surface area (TPSA) is 24.3 Å². The van der Waals surface area contributed by atoms with E-state index in [2.05, 4.69) is 90.1 Å². The minimum atomic E-state index is 0.279. The average molecular weight is 354 g/mol. The fraction of sp³-hybridized carbons (Fsp3) is 0.174. The van der Waals surface area contributed by atoms with Crippen LogP contribution in [0.4, 0.5) is 5.69 Å². The van der Waals surface area contributed by atoms with E-state index in [0.717, 1.165) is 11.3 Å². The summed E-state index contributed by atoms with van der Waals surface area (Å²) >= 11 is 0. The maximum absolute atomic E-state index is 4.74. The number of rotatable bonds is 2. The first-order valence-corrected chi connectivity index (χ1v) is 9.29. The second-order valence-corrected chi connectivity index (χ2v) is 7.17. The Bertz CT molecular complexity index is 1170. The number of aromatic nitrogens is 2. The normalized spacial score (nSPS) is 16.8. The van der Waals surface area contributed by atoms with Crippen LogP contribution in [0.1, 0.15) is 12.5 Å². The smallest absolute Gasteiger partial charge is 0.145 e. The third kappa shape index (κ3) is 2.26. The van der Waals surface area contributed by atoms with Crippen molar-refractivity contribution in [3.63, 3.8) is 0 Å². The first-order valence-electron chi connectivity index (χ1n) is 9.29. The highest BCUT2D eigenvalue weighted by Crippen LogP contribution is 2.41. The van der Waals surface area contributed by atoms with Gasteiger partial charge in [0.2, 0.25) is 0 Å². The SMILES string of the molecule is Cc1ccc2c(c1N1C=CN(C)[C@@H]1C)c1cccnc1n2-c1ccccc1. The van der Waals surface area contributed by atoms with Gasteiger partial charge in [-0.2, -0.15) is 0 Å². The summed E-state index contributed by atoms with van der Waals surface area (Å²) in [7, 11) is 2.12. The predicted octanol–water partition coefficient (Wildman–Crippen LogP) is 5.06. The number of benzene rings is 2. The Hall–Kier alpha value is -3.27. The van der Waals surface area contributed by atoms with E-state index in [1.54, 1.807) is 0 Å². The molecule has 1 aliphatic heterocycles. The van der Waals surface area contributed by atoms with Crippen LogP contribution < -0.4 is 4.90 Å². The standard InChI is InChI=1S/C23H22N4/c1-16-11-12-20-21(22(16)26-15-14-25(3)17(26)2)19-10-7-13-24-23(19)27(20)18-8-5-4-6-9-18/h4-15,17H,1-3H3/t17-/m0/s1. The minimum absolute atomic E-state index is 0.279. The Morgan fingerprint density at radius 2 is 1.74 bits per heavy atom. The lowest BCUT2D eigenvalue weighted by atomic mass is 10.1. The van der Waals surface area contributed by atoms with Gasteiger partial charge in [-0.25, -0.2) is 4.98 Å². The Kier molecular flexibility index (Phi) is 3.47. The zero-order valence-corrected chi connectivity index (χ0v) is 15.8. The maximum atomic E-state index is 4.74. The van der Waals surface area contributed by atoms with Crippen molar-refractivity contribution in [1.29, 1.82) is 0 Å². The van der Waals surface area contributed by atoms with Crippen molar-refractivity contribution in [2.75, 3.05) is 11.9 Å². The highest BCUT2D eigenvalue weighted by atomic mass is 15.4. The Morgan fingerprint density at radius 3 is 2.48 bits per heavy atom. The number of hydrogen-bond donors (Lipinski definition) is 0. The fourth-order valence-corrected chi connectivity index (χ4v) is 4.08. The summed E-state index contributed by atoms with van der Waals surface area (Å²) in [4.78, 5) is 9.33. The number of aryl methyl sites for hydroxylation is 1. The molecular weight excluding hydrogens is 332 g/mol. The quantitative estimate of drug-likeness (QED) is 0.503. The second-order valence-electron chi connectivity index (χ2n) is 7.17. The van der Waals surface area contributed by atoms with Gasteiger partial charge >= 0.3 is 0 Å². The highest BCUT2D eigenvalue weighted by Gasteiger charge is 2.26. The third-order valence-electron chi connectivity index (χ3n) is 5.59. The Labute approximate surface area is 159 Å². The van der Waals surface area contributed by atoms with E-state index in [1.807, 2.05) is 18.3 Å². The zero-order chi connectivity index (χ0) is 18.5. The highest BCUT2D eigenvalue weighted by molar-refractivity contribution is 6.15. The van der Waals surface area contributed by atoms with Gasteiger partial charge in [0.25, 0.3) is 0 Å². The minimum Gasteiger partial charge on any atom is -0.359 e. The van der Waals surface area contributed by atoms with Crippen molar-refractivity contribution >= 4 is 27.6 Å². The van der Waals surface area contributed by atoms with Crippen LogP contribution in [0.25, 0.3) is 27.6 Å². The molecule has 4 nitrogen and oxygen atoms in total. The number of anilines is 1. The molecule has 0 fully saturated rings. The second kappa shape index (κ2) is 5.88. The molecule has 0 unspecified atom stereocenters. The van der Waals surface area contributed by atoms with Gasteiger partial charge in [-0.1, -0.05) is 24.3 Å². The average Bonchev–Trinajstić information content (AvgIpc) is 3.20. The van der Waals surface area contributed by atoms with E-state index in [1.165, 1.54) is 27.5 Å². The van der Waals surface area contributed by atoms with Crippen molar-refractivity contribution in [2.45, 2.75) is 20.0 Å². The molecule has 0 spiro atoms. The van der Waals surface area contributed by atoms with Gasteiger partial charge in [0.05, 0.1) is 11.2 Å². The molecule has 0 amide bonds. The molecule has 4 aromatic rings. The summed E-state index contributed by atoms with van der Waals surface area (Å²) in [5.74, 6) is 0. The van der Waals surface area contributed by atoms with Crippen LogP contribution in [0, 0.1) is 6.92 Å². The fourth-order valence-electron chi connectivity index (χ4n) is 4.08. The molecule has 0 radical (unpaired) electrons. The van der Waals surface area contributed by atoms with Gasteiger partial charge < -0.3 is 9.80 Å². The number of fused-ring (bicyclic) bond motifs is 3. The van der Waals surface area contributed by atoms with Crippen LogP contribution in [0.2, 0.25) is 0 Å². The summed E-state index contributed by atoms with van der Waals surface area (Å²) in [5, 5.41) is 2.44. The van der Waals surface area contributed by atoms with Crippen molar-refractivity contribution in [3.8, 4) is 5.69 Å². The van der Waals surface area contributed by atoms with E-state index in [0.29, 0.717) is 0 Å². The number of pyridine rings is 1. The van der Waals surface area contributed by atoms with E-state index in [9.17, 15) is 0 Å². The lowest BCUT2D eigenvalue weighted by Gasteiger charge is -2.29. The molecule has 2 aromatic heterocycles. The maximum Gasteiger partial charge on any atom is 0.145 e. The van der Waals surface area contributed by atoms with Crippen molar-refractivity contribution < 1.29 is 0 Å². The van der Waals surface area contributed by atoms with E-state index in [4.69, 9.17) is 4.98 Å². The molecule has 27 heavy (non-hydrogen) atoms. The molecule has 0 saturated heterocycles. The molecule has 3 heterocycles. The molecule has 1 atom stereocenters. The van der Waals surface area contributed by atoms with Crippen molar-refractivity contribution in [2.24, 2.45) is 0 Å². The first kappa shape index (κ1) is 15.9. The number of para-hydroxylation sites is 1. The molecule has 2 aromatic carbocycles. The van der Waals surface area contributed by atoms with Crippen molar-refractivity contribution in [1.82, 2.24) is 14.5 Å². The van der Waals surface area contributed by atoms with Gasteiger partial charge in [0, 0.05) is 42.1 Å². The summed E-state index contributed by atoms with van der Waals surface area (Å²) in [6.07, 6.45) is 6.46. The van der Waals surface area contributed by atoms with Crippen LogP contribution in [0.3, 0.4) is 0 Å². The molecule has 0 saturated carbocycles.